The van der Waals surface area contributed by atoms with E-state index in [9.17, 15) is 51.6 Å². The summed E-state index contributed by atoms with van der Waals surface area (Å²) < 4.78 is 28.6. The molecule has 0 unspecified atom stereocenters. The van der Waals surface area contributed by atoms with Crippen molar-refractivity contribution in [1.82, 2.24) is 117 Å². The Balaban J connectivity index is 0.000000139. The van der Waals surface area contributed by atoms with E-state index in [0.717, 1.165) is 44.9 Å². The molecule has 15 heterocycles. The molecule has 6 aromatic heterocycles. The number of urea groups is 1. The van der Waals surface area contributed by atoms with Crippen molar-refractivity contribution in [2.24, 2.45) is 20.0 Å². The second-order valence-corrected chi connectivity index (χ2v) is 40.2. The lowest BCUT2D eigenvalue weighted by Crippen LogP contribution is -2.57. The van der Waals surface area contributed by atoms with Gasteiger partial charge in [-0.2, -0.15) is 0 Å². The number of nitrogens with zero attached hydrogens (tertiary/aromatic N) is 19. The average Bonchev–Trinajstić information content (AvgIpc) is 1.66. The number of hydrogen-bond donors (Lipinski definition) is 17. The molecule has 0 radical (unpaired) electrons. The minimum atomic E-state index is -3.28. The molecule has 9 aliphatic rings. The van der Waals surface area contributed by atoms with Crippen LogP contribution in [0, 0.1) is 0 Å². The highest BCUT2D eigenvalue weighted by Crippen LogP contribution is 2.35. The first-order chi connectivity index (χ1) is 69.2. The Labute approximate surface area is 856 Å². The molecule has 0 aliphatic carbocycles. The van der Waals surface area contributed by atoms with Gasteiger partial charge in [0.25, 0.3) is 29.5 Å². The van der Waals surface area contributed by atoms with Crippen LogP contribution in [0.1, 0.15) is 127 Å². The van der Waals surface area contributed by atoms with Gasteiger partial charge in [-0.3, -0.25) is 84.5 Å². The van der Waals surface area contributed by atoms with E-state index in [1.807, 2.05) is 82.6 Å². The Hall–Kier alpha value is -15.3. The molecule has 25 N–H and O–H groups in total. The number of nitrogens with two attached hydrogens (primary N) is 8. The Kier molecular flexibility index (Phi) is 30.8. The van der Waals surface area contributed by atoms with Crippen molar-refractivity contribution in [3.8, 4) is 21.8 Å². The Morgan fingerprint density at radius 3 is 1.17 bits per heavy atom. The lowest BCUT2D eigenvalue weighted by atomic mass is 9.88. The van der Waals surface area contributed by atoms with Crippen LogP contribution in [-0.2, 0) is 43.5 Å². The molecule has 19 rings (SSSR count). The molecule has 758 valence electrons. The maximum Gasteiger partial charge on any atom is 0.321 e. The molecular weight excluding hydrogens is 2020 g/mol. The number of halogens is 5. The van der Waals surface area contributed by atoms with Gasteiger partial charge in [0.2, 0.25) is 17.7 Å². The van der Waals surface area contributed by atoms with E-state index >= 15 is 0 Å². The van der Waals surface area contributed by atoms with E-state index in [-0.39, 0.29) is 165 Å². The zero-order chi connectivity index (χ0) is 103. The number of amides is 10. The fourth-order valence-corrected chi connectivity index (χ4v) is 19.3. The lowest BCUT2D eigenvalue weighted by Gasteiger charge is -2.39. The van der Waals surface area contributed by atoms with Crippen LogP contribution >= 0.6 is 69.3 Å². The smallest absolute Gasteiger partial charge is 0.321 e. The third kappa shape index (κ3) is 24.6. The predicted octanol–water partition coefficient (Wildman–Crippen LogP) is 4.18. The van der Waals surface area contributed by atoms with Crippen molar-refractivity contribution < 1.29 is 56.1 Å². The predicted molar refractivity (Wildman–Crippen MR) is 546 cm³/mol. The van der Waals surface area contributed by atoms with E-state index in [1.54, 1.807) is 44.3 Å². The number of rotatable bonds is 16. The average molecular weight is 2120 g/mol. The van der Waals surface area contributed by atoms with Crippen LogP contribution < -0.4 is 98.6 Å². The van der Waals surface area contributed by atoms with Gasteiger partial charge in [-0.1, -0.05) is 130 Å². The highest BCUT2D eigenvalue weighted by atomic mass is 35.5. The number of carbonyl (C=O) groups is 9. The number of nitrogen functional groups attached to an aromatic ring is 8. The van der Waals surface area contributed by atoms with Gasteiger partial charge in [-0.15, -0.1) is 11.3 Å². The largest absolute Gasteiger partial charge is 0.382 e. The van der Waals surface area contributed by atoms with Crippen LogP contribution in [0.5, 0.6) is 0 Å². The standard InChI is InChI=1S/C24H26ClN9O3.C23H27ClN10O3.C22H21Cl2N9O2S.C21H25ClN8O4S/c25-19-21(27)30-20(26)18(29-19)22(36)31-23-28-13-24(32-23)8-10-34(11-9-24)17(35)7-6-15-12-16(33-37-15)14-4-2-1-3-5-14;24-17-19(26)30-18(25)16(29-17)20(36)31-21-28-12-23(32-21)5-8-33(9-6-23)15(35)11-13-1-3-14(4-2-13)34-10-7-27-22(34)37;23-12-3-1-11(2-4-12)19-28-13(9-36-19)20(35)33-7-5-22(6-8-33)10-27-21(32-22)31-18(34)14-16(25)30-17(26)15(24)29-14;1-35(33,34)13-4-2-12(3-5-13)10-14(31)30-8-6-21(7-9-30)11-25-20(29-21)28-19(32)15-17(23)27-18(24)16(22)26-15/h1-5,12H,6-11,13H2,(H4,26,27,30)(H2,28,31,32,36);1-4H,5-12H2,(H,27,37)(H4,25,26,30)(H2,28,31,32,36);1-4,9H,5-8,10H2,(H4,25,26,30)(H2,27,31,32,34);2-5H,6-11H2,1H3,(H4,23,24,27)(H2,25,28,29,32). The summed E-state index contributed by atoms with van der Waals surface area (Å²) in [7, 11) is -3.28. The van der Waals surface area contributed by atoms with Crippen LogP contribution in [0.4, 0.5) is 57.0 Å². The first-order valence-corrected chi connectivity index (χ1v) is 50.1. The Morgan fingerprint density at radius 1 is 0.434 bits per heavy atom. The number of likely N-dealkylation sites (tertiary alicyclic amines) is 4. The highest BCUT2D eigenvalue weighted by molar-refractivity contribution is 7.90. The fraction of sp³-hybridized carbons (Fsp3) is 0.344. The second kappa shape index (κ2) is 43.5. The molecule has 4 spiro atoms. The summed E-state index contributed by atoms with van der Waals surface area (Å²) in [6, 6.07) is 32.7. The number of guanidine groups is 4. The summed E-state index contributed by atoms with van der Waals surface area (Å²) in [4.78, 5) is 176. The Bertz CT molecular complexity index is 6930. The summed E-state index contributed by atoms with van der Waals surface area (Å²) in [6.45, 7) is 7.54. The molecule has 145 heavy (non-hydrogen) atoms. The Morgan fingerprint density at radius 2 is 0.800 bits per heavy atom. The molecule has 0 saturated carbocycles. The van der Waals surface area contributed by atoms with Crippen molar-refractivity contribution in [3.63, 3.8) is 0 Å². The fourth-order valence-electron chi connectivity index (χ4n) is 17.2. The SMILES string of the molecule is CS(=O)(=O)c1ccc(CC(=O)N2CCC3(CC2)CN=C(NC(=O)c2nc(Cl)c(N)nc2N)N3)cc1.Nc1nc(N)c(C(=O)NC2=NCC3(CCN(C(=O)CCc4cc(-c5ccccc5)no4)CC3)N2)nc1Cl.Nc1nc(N)c(C(=O)NC2=NCC3(CCN(C(=O)Cc4ccc(N5CCNC5=O)cc4)CC3)N2)nc1Cl.Nc1nc(N)c(C(=O)NC2=NCC3(CCN(C(=O)c4csc(-c5ccc(Cl)cc5)n4)CC3)N2)nc1Cl. The zero-order valence-electron chi connectivity index (χ0n) is 77.6. The lowest BCUT2D eigenvalue weighted by molar-refractivity contribution is -0.133. The molecule has 10 aromatic rings. The van der Waals surface area contributed by atoms with Crippen molar-refractivity contribution in [3.05, 3.63) is 186 Å². The summed E-state index contributed by atoms with van der Waals surface area (Å²) in [5.74, 6) is -1.29. The number of piperidine rings is 4. The summed E-state index contributed by atoms with van der Waals surface area (Å²) in [5.41, 5.74) is 48.8. The third-order valence-corrected chi connectivity index (χ3v) is 28.9. The van der Waals surface area contributed by atoms with Crippen LogP contribution in [-0.4, -0.2) is 275 Å². The number of aryl methyl sites for hydroxylation is 1. The van der Waals surface area contributed by atoms with Crippen LogP contribution in [0.2, 0.25) is 25.6 Å². The maximum absolute atomic E-state index is 13.1. The summed E-state index contributed by atoms with van der Waals surface area (Å²) >= 11 is 30.8. The second-order valence-electron chi connectivity index (χ2n) is 35.5. The number of carbonyl (C=O) groups excluding carboxylic acids is 9. The number of hydrogen-bond acceptors (Lipinski definition) is 39. The molecule has 9 aliphatic heterocycles. The van der Waals surface area contributed by atoms with Crippen molar-refractivity contribution in [2.45, 2.75) is 104 Å². The maximum atomic E-state index is 13.1. The number of aliphatic imine (C=N–C) groups is 4. The van der Waals surface area contributed by atoms with Crippen LogP contribution in [0.3, 0.4) is 0 Å². The summed E-state index contributed by atoms with van der Waals surface area (Å²) in [6.07, 6.45) is 7.80. The zero-order valence-corrected chi connectivity index (χ0v) is 83.0. The van der Waals surface area contributed by atoms with Gasteiger partial charge in [0.1, 0.15) is 22.2 Å². The van der Waals surface area contributed by atoms with Gasteiger partial charge in [0.15, 0.2) is 124 Å². The van der Waals surface area contributed by atoms with E-state index < -0.39 is 33.5 Å². The van der Waals surface area contributed by atoms with Crippen molar-refractivity contribution in [2.75, 3.05) is 149 Å². The first-order valence-electron chi connectivity index (χ1n) is 45.4. The number of sulfone groups is 1. The number of anilines is 9. The third-order valence-electron chi connectivity index (χ3n) is 25.5. The normalized spacial score (nSPS) is 17.1. The van der Waals surface area contributed by atoms with Crippen LogP contribution in [0.25, 0.3) is 21.8 Å². The van der Waals surface area contributed by atoms with Crippen molar-refractivity contribution >= 4 is 209 Å². The van der Waals surface area contributed by atoms with E-state index in [4.69, 9.17) is 108 Å². The quantitative estimate of drug-likeness (QED) is 0.0645. The van der Waals surface area contributed by atoms with Gasteiger partial charge in [-0.05, 0) is 98.9 Å². The number of aromatic nitrogens is 10. The summed E-state index contributed by atoms with van der Waals surface area (Å²) in [5, 5.41) is 33.4. The molecule has 0 bridgehead atoms. The molecule has 55 heteroatoms. The van der Waals surface area contributed by atoms with E-state index in [2.05, 4.69) is 118 Å². The van der Waals surface area contributed by atoms with E-state index in [1.165, 1.54) is 23.5 Å². The number of nitrogens with one attached hydrogen (secondary N) is 9. The molecule has 0 atom stereocenters. The van der Waals surface area contributed by atoms with E-state index in [0.29, 0.717) is 190 Å². The van der Waals surface area contributed by atoms with Gasteiger partial charge < -0.3 is 96.6 Å². The van der Waals surface area contributed by atoms with Crippen molar-refractivity contribution in [1.29, 1.82) is 0 Å². The minimum Gasteiger partial charge on any atom is -0.382 e. The molecule has 48 nitrogen and oxygen atoms in total. The first kappa shape index (κ1) is 103. The number of thiazole rings is 1. The molecule has 4 aromatic carbocycles. The topological polar surface area (TPSA) is 712 Å². The van der Waals surface area contributed by atoms with Gasteiger partial charge in [0, 0.05) is 118 Å². The van der Waals surface area contributed by atoms with Gasteiger partial charge >= 0.3 is 6.03 Å². The molecule has 5 saturated heterocycles. The molecule has 5 fully saturated rings. The minimum absolute atomic E-state index is 0.0336. The monoisotopic (exact) mass is 2110 g/mol. The van der Waals surface area contributed by atoms with Gasteiger partial charge in [-0.25, -0.2) is 58.1 Å². The molecule has 10 amide bonds. The number of benzene rings is 4. The van der Waals surface area contributed by atoms with Gasteiger partial charge in [0.05, 0.1) is 66.1 Å². The van der Waals surface area contributed by atoms with Crippen LogP contribution in [0.15, 0.2) is 144 Å². The molecular formula is C90H99Cl5N36O12S2. The highest BCUT2D eigenvalue weighted by Gasteiger charge is 2.46.